The summed E-state index contributed by atoms with van der Waals surface area (Å²) in [6, 6.07) is 9.99. The number of carbonyl (C=O) groups excluding carboxylic acids is 1. The van der Waals surface area contributed by atoms with Crippen LogP contribution in [-0.4, -0.2) is 37.8 Å². The van der Waals surface area contributed by atoms with Crippen LogP contribution in [-0.2, 0) is 14.8 Å². The smallest absolute Gasteiger partial charge is 0.337 e. The summed E-state index contributed by atoms with van der Waals surface area (Å²) < 4.78 is 32.5. The van der Waals surface area contributed by atoms with Crippen molar-refractivity contribution < 1.29 is 28.2 Å². The zero-order chi connectivity index (χ0) is 20.3. The summed E-state index contributed by atoms with van der Waals surface area (Å²) in [7, 11) is -2.42. The minimum atomic E-state index is -3.69. The fourth-order valence-electron chi connectivity index (χ4n) is 3.58. The van der Waals surface area contributed by atoms with Gasteiger partial charge in [-0.15, -0.1) is 0 Å². The number of methoxy groups -OCH3 is 1. The van der Waals surface area contributed by atoms with Crippen molar-refractivity contribution in [3.8, 4) is 11.5 Å². The quantitative estimate of drug-likeness (QED) is 0.659. The second kappa shape index (κ2) is 8.20. The molecule has 1 aliphatic carbocycles. The lowest BCUT2D eigenvalue weighted by molar-refractivity contribution is 0.0600. The molecule has 150 valence electrons. The Kier molecular flexibility index (Phi) is 5.90. The summed E-state index contributed by atoms with van der Waals surface area (Å²) in [5.74, 6) is -0.316. The Hall–Kier alpha value is -2.58. The highest BCUT2D eigenvalue weighted by Crippen LogP contribution is 2.38. The van der Waals surface area contributed by atoms with Gasteiger partial charge >= 0.3 is 5.97 Å². The molecule has 1 aliphatic rings. The number of hydrogen-bond acceptors (Lipinski definition) is 6. The maximum absolute atomic E-state index is 12.6. The molecule has 3 N–H and O–H groups in total. The van der Waals surface area contributed by atoms with Crippen molar-refractivity contribution in [2.45, 2.75) is 42.5 Å². The van der Waals surface area contributed by atoms with E-state index in [0.717, 1.165) is 18.4 Å². The number of nitrogens with one attached hydrogen (secondary N) is 1. The van der Waals surface area contributed by atoms with Crippen molar-refractivity contribution in [2.75, 3.05) is 7.11 Å². The average molecular weight is 405 g/mol. The average Bonchev–Trinajstić information content (AvgIpc) is 2.68. The lowest BCUT2D eigenvalue weighted by Crippen LogP contribution is -2.37. The van der Waals surface area contributed by atoms with Gasteiger partial charge in [-0.25, -0.2) is 17.9 Å². The third-order valence-electron chi connectivity index (χ3n) is 5.09. The minimum Gasteiger partial charge on any atom is -0.508 e. The summed E-state index contributed by atoms with van der Waals surface area (Å²) in [5.41, 5.74) is 1.06. The molecule has 1 fully saturated rings. The first-order chi connectivity index (χ1) is 13.3. The SMILES string of the molecule is COC(=O)c1ccc(S(=O)(=O)N[C@H]2CC[C@H](c3ccc(O)cc3O)CC2)cc1. The van der Waals surface area contributed by atoms with Crippen LogP contribution >= 0.6 is 0 Å². The molecule has 0 saturated heterocycles. The number of benzene rings is 2. The van der Waals surface area contributed by atoms with Crippen LogP contribution < -0.4 is 4.72 Å². The molecule has 0 bridgehead atoms. The molecule has 0 amide bonds. The van der Waals surface area contributed by atoms with E-state index >= 15 is 0 Å². The van der Waals surface area contributed by atoms with Gasteiger partial charge in [0, 0.05) is 12.1 Å². The molecule has 1 saturated carbocycles. The Bertz CT molecular complexity index is 947. The van der Waals surface area contributed by atoms with E-state index in [2.05, 4.69) is 9.46 Å². The van der Waals surface area contributed by atoms with E-state index in [1.54, 1.807) is 12.1 Å². The summed E-state index contributed by atoms with van der Waals surface area (Å²) >= 11 is 0. The third-order valence-corrected chi connectivity index (χ3v) is 6.62. The van der Waals surface area contributed by atoms with Crippen LogP contribution in [0.3, 0.4) is 0 Å². The number of hydrogen-bond donors (Lipinski definition) is 3. The minimum absolute atomic E-state index is 0.0147. The second-order valence-corrected chi connectivity index (χ2v) is 8.64. The monoisotopic (exact) mass is 405 g/mol. The lowest BCUT2D eigenvalue weighted by atomic mass is 9.81. The van der Waals surface area contributed by atoms with Gasteiger partial charge in [-0.3, -0.25) is 0 Å². The molecule has 0 aromatic heterocycles. The number of phenols is 2. The first kappa shape index (κ1) is 20.2. The van der Waals surface area contributed by atoms with Gasteiger partial charge in [0.15, 0.2) is 0 Å². The molecule has 0 atom stereocenters. The summed E-state index contributed by atoms with van der Waals surface area (Å²) in [4.78, 5) is 11.6. The van der Waals surface area contributed by atoms with E-state index in [-0.39, 0.29) is 33.9 Å². The maximum Gasteiger partial charge on any atom is 0.337 e. The number of esters is 1. The molecule has 28 heavy (non-hydrogen) atoms. The number of ether oxygens (including phenoxy) is 1. The molecule has 3 rings (SSSR count). The van der Waals surface area contributed by atoms with Crippen molar-refractivity contribution in [1.82, 2.24) is 4.72 Å². The van der Waals surface area contributed by atoms with Gasteiger partial charge in [-0.1, -0.05) is 6.07 Å². The number of aromatic hydroxyl groups is 2. The molecule has 0 unspecified atom stereocenters. The molecular weight excluding hydrogens is 382 g/mol. The van der Waals surface area contributed by atoms with Gasteiger partial charge in [0.25, 0.3) is 0 Å². The fraction of sp³-hybridized carbons (Fsp3) is 0.350. The van der Waals surface area contributed by atoms with Crippen molar-refractivity contribution in [3.05, 3.63) is 53.6 Å². The van der Waals surface area contributed by atoms with Crippen molar-refractivity contribution >= 4 is 16.0 Å². The van der Waals surface area contributed by atoms with E-state index in [0.29, 0.717) is 12.8 Å². The van der Waals surface area contributed by atoms with Gasteiger partial charge < -0.3 is 14.9 Å². The summed E-state index contributed by atoms with van der Waals surface area (Å²) in [5, 5.41) is 19.4. The number of carbonyl (C=O) groups is 1. The predicted molar refractivity (Wildman–Crippen MR) is 103 cm³/mol. The van der Waals surface area contributed by atoms with E-state index in [1.165, 1.54) is 37.4 Å². The standard InChI is InChI=1S/C20H23NO6S/c1-27-20(24)14-4-9-17(10-5-14)28(25,26)21-15-6-2-13(3-7-15)18-11-8-16(22)12-19(18)23/h4-5,8-13,15,21-23H,2-3,6-7H2,1H3/t13-,15-. The van der Waals surface area contributed by atoms with Gasteiger partial charge in [0.1, 0.15) is 11.5 Å². The Balaban J connectivity index is 1.62. The fourth-order valence-corrected chi connectivity index (χ4v) is 4.88. The molecular formula is C20H23NO6S. The highest BCUT2D eigenvalue weighted by atomic mass is 32.2. The van der Waals surface area contributed by atoms with Crippen LogP contribution in [0.4, 0.5) is 0 Å². The predicted octanol–water partition coefficient (Wildman–Crippen LogP) is 2.89. The molecule has 0 aliphatic heterocycles. The Morgan fingerprint density at radius 3 is 2.25 bits per heavy atom. The van der Waals surface area contributed by atoms with Gasteiger partial charge in [0.05, 0.1) is 17.6 Å². The largest absolute Gasteiger partial charge is 0.508 e. The summed E-state index contributed by atoms with van der Waals surface area (Å²) in [6.07, 6.45) is 2.74. The molecule has 0 heterocycles. The van der Waals surface area contributed by atoms with E-state index in [9.17, 15) is 23.4 Å². The van der Waals surface area contributed by atoms with E-state index in [1.807, 2.05) is 0 Å². The lowest BCUT2D eigenvalue weighted by Gasteiger charge is -2.29. The van der Waals surface area contributed by atoms with Crippen LogP contribution in [0.15, 0.2) is 47.4 Å². The second-order valence-electron chi connectivity index (χ2n) is 6.93. The van der Waals surface area contributed by atoms with Crippen LogP contribution in [0.5, 0.6) is 11.5 Å². The third kappa shape index (κ3) is 4.45. The first-order valence-electron chi connectivity index (χ1n) is 9.03. The summed E-state index contributed by atoms with van der Waals surface area (Å²) in [6.45, 7) is 0. The molecule has 8 heteroatoms. The zero-order valence-corrected chi connectivity index (χ0v) is 16.3. The Morgan fingerprint density at radius 1 is 1.04 bits per heavy atom. The van der Waals surface area contributed by atoms with E-state index in [4.69, 9.17) is 0 Å². The Labute approximate surface area is 164 Å². The molecule has 2 aromatic carbocycles. The molecule has 0 spiro atoms. The van der Waals surface area contributed by atoms with Crippen molar-refractivity contribution in [1.29, 1.82) is 0 Å². The molecule has 7 nitrogen and oxygen atoms in total. The van der Waals surface area contributed by atoms with Gasteiger partial charge in [-0.2, -0.15) is 0 Å². The van der Waals surface area contributed by atoms with Crippen molar-refractivity contribution in [3.63, 3.8) is 0 Å². The first-order valence-corrected chi connectivity index (χ1v) is 10.5. The highest BCUT2D eigenvalue weighted by molar-refractivity contribution is 7.89. The number of phenolic OH excluding ortho intramolecular Hbond substituents is 2. The topological polar surface area (TPSA) is 113 Å². The molecule has 2 aromatic rings. The number of rotatable bonds is 5. The van der Waals surface area contributed by atoms with Gasteiger partial charge in [-0.05, 0) is 67.5 Å². The van der Waals surface area contributed by atoms with Crippen LogP contribution in [0, 0.1) is 0 Å². The normalized spacial score (nSPS) is 19.9. The van der Waals surface area contributed by atoms with Crippen LogP contribution in [0.25, 0.3) is 0 Å². The zero-order valence-electron chi connectivity index (χ0n) is 15.5. The Morgan fingerprint density at radius 2 is 1.68 bits per heavy atom. The van der Waals surface area contributed by atoms with Gasteiger partial charge in [0.2, 0.25) is 10.0 Å². The van der Waals surface area contributed by atoms with Crippen LogP contribution in [0.1, 0.15) is 47.5 Å². The maximum atomic E-state index is 12.6. The van der Waals surface area contributed by atoms with E-state index < -0.39 is 16.0 Å². The highest BCUT2D eigenvalue weighted by Gasteiger charge is 2.27. The van der Waals surface area contributed by atoms with Crippen LogP contribution in [0.2, 0.25) is 0 Å². The molecule has 0 radical (unpaired) electrons. The van der Waals surface area contributed by atoms with Crippen molar-refractivity contribution in [2.24, 2.45) is 0 Å². The number of sulfonamides is 1.